The van der Waals surface area contributed by atoms with Crippen LogP contribution >= 0.6 is 11.6 Å². The first-order chi connectivity index (χ1) is 5.24. The van der Waals surface area contributed by atoms with Crippen molar-refractivity contribution >= 4 is 17.6 Å². The molecule has 0 atom stereocenters. The smallest absolute Gasteiger partial charge is 0.310 e. The Bertz CT molecular complexity index is 157. The second-order valence-corrected chi connectivity index (χ2v) is 2.21. The van der Waals surface area contributed by atoms with Crippen molar-refractivity contribution in [2.24, 2.45) is 5.73 Å². The first-order valence-electron chi connectivity index (χ1n) is 3.35. The van der Waals surface area contributed by atoms with Gasteiger partial charge in [-0.3, -0.25) is 4.79 Å². The Kier molecular flexibility index (Phi) is 5.65. The van der Waals surface area contributed by atoms with E-state index in [1.807, 2.05) is 0 Å². The van der Waals surface area contributed by atoms with E-state index < -0.39 is 0 Å². The van der Waals surface area contributed by atoms with Gasteiger partial charge in [-0.2, -0.15) is 0 Å². The van der Waals surface area contributed by atoms with Crippen LogP contribution in [0.15, 0.2) is 11.8 Å². The average molecular weight is 178 g/mol. The van der Waals surface area contributed by atoms with Crippen LogP contribution in [0.25, 0.3) is 0 Å². The minimum absolute atomic E-state index is 0.188. The van der Waals surface area contributed by atoms with Crippen LogP contribution in [0.4, 0.5) is 0 Å². The molecule has 3 nitrogen and oxygen atoms in total. The molecule has 0 aromatic rings. The lowest BCUT2D eigenvalue weighted by Gasteiger charge is -2.01. The lowest BCUT2D eigenvalue weighted by Crippen LogP contribution is -2.06. The Morgan fingerprint density at radius 1 is 1.73 bits per heavy atom. The molecule has 0 saturated carbocycles. The number of alkyl halides is 1. The summed E-state index contributed by atoms with van der Waals surface area (Å²) >= 11 is 5.46. The van der Waals surface area contributed by atoms with Gasteiger partial charge in [-0.15, -0.1) is 11.6 Å². The molecule has 64 valence electrons. The predicted molar refractivity (Wildman–Crippen MR) is 44.2 cm³/mol. The highest BCUT2D eigenvalue weighted by Gasteiger charge is 2.04. The maximum absolute atomic E-state index is 10.8. The molecule has 0 aliphatic rings. The summed E-state index contributed by atoms with van der Waals surface area (Å²) in [5.74, 6) is -0.0140. The number of esters is 1. The molecule has 0 heterocycles. The van der Waals surface area contributed by atoms with Gasteiger partial charge in [0.1, 0.15) is 0 Å². The van der Waals surface area contributed by atoms with Crippen molar-refractivity contribution in [2.75, 3.05) is 12.5 Å². The van der Waals surface area contributed by atoms with Crippen LogP contribution in [-0.4, -0.2) is 18.5 Å². The third-order valence-corrected chi connectivity index (χ3v) is 1.43. The molecule has 0 amide bonds. The van der Waals surface area contributed by atoms with Crippen LogP contribution < -0.4 is 5.73 Å². The van der Waals surface area contributed by atoms with E-state index in [2.05, 4.69) is 4.74 Å². The highest BCUT2D eigenvalue weighted by Crippen LogP contribution is 2.03. The first-order valence-corrected chi connectivity index (χ1v) is 3.89. The lowest BCUT2D eigenvalue weighted by atomic mass is 10.2. The predicted octanol–water partition coefficient (Wildman–Crippen LogP) is 1.02. The van der Waals surface area contributed by atoms with E-state index in [-0.39, 0.29) is 18.3 Å². The fraction of sp³-hybridized carbons (Fsp3) is 0.571. The molecule has 0 unspecified atom stereocenters. The highest BCUT2D eigenvalue weighted by atomic mass is 35.5. The number of carbonyl (C=O) groups is 1. The van der Waals surface area contributed by atoms with Gasteiger partial charge in [0.25, 0.3) is 0 Å². The van der Waals surface area contributed by atoms with Crippen molar-refractivity contribution in [2.45, 2.75) is 13.3 Å². The summed E-state index contributed by atoms with van der Waals surface area (Å²) in [5, 5.41) is 0. The molecule has 0 rings (SSSR count). The first kappa shape index (κ1) is 10.3. The van der Waals surface area contributed by atoms with Crippen molar-refractivity contribution in [1.82, 2.24) is 0 Å². The van der Waals surface area contributed by atoms with Crippen molar-refractivity contribution < 1.29 is 9.53 Å². The quantitative estimate of drug-likeness (QED) is 0.515. The second-order valence-electron chi connectivity index (χ2n) is 1.94. The fourth-order valence-corrected chi connectivity index (χ4v) is 0.732. The number of rotatable bonds is 4. The minimum atomic E-state index is -0.287. The Morgan fingerprint density at radius 3 is 2.73 bits per heavy atom. The van der Waals surface area contributed by atoms with Crippen LogP contribution in [0, 0.1) is 0 Å². The Hall–Kier alpha value is -0.700. The van der Waals surface area contributed by atoms with Crippen molar-refractivity contribution in [3.8, 4) is 0 Å². The van der Waals surface area contributed by atoms with E-state index in [0.717, 1.165) is 0 Å². The van der Waals surface area contributed by atoms with Gasteiger partial charge in [-0.05, 0) is 18.7 Å². The highest BCUT2D eigenvalue weighted by molar-refractivity contribution is 6.19. The summed E-state index contributed by atoms with van der Waals surface area (Å²) in [6, 6.07) is 0. The maximum atomic E-state index is 10.8. The van der Waals surface area contributed by atoms with Gasteiger partial charge >= 0.3 is 5.97 Å². The van der Waals surface area contributed by atoms with E-state index in [1.54, 1.807) is 6.92 Å². The molecular formula is C7H12ClNO2. The third-order valence-electron chi connectivity index (χ3n) is 1.08. The van der Waals surface area contributed by atoms with Crippen molar-refractivity contribution in [3.63, 3.8) is 0 Å². The molecule has 0 bridgehead atoms. The van der Waals surface area contributed by atoms with E-state index >= 15 is 0 Å². The van der Waals surface area contributed by atoms with Crippen LogP contribution in [0.2, 0.25) is 0 Å². The number of halogens is 1. The zero-order valence-electron chi connectivity index (χ0n) is 6.47. The largest absolute Gasteiger partial charge is 0.466 e. The zero-order chi connectivity index (χ0) is 8.69. The number of hydrogen-bond donors (Lipinski definition) is 1. The Balaban J connectivity index is 3.73. The van der Waals surface area contributed by atoms with Gasteiger partial charge in [0, 0.05) is 5.88 Å². The molecule has 0 radical (unpaired) electrons. The van der Waals surface area contributed by atoms with Gasteiger partial charge in [0.15, 0.2) is 0 Å². The normalized spacial score (nSPS) is 11.3. The number of ether oxygens (including phenoxy) is 1. The SMILES string of the molecule is CCOC(=O)C/C(=C/N)CCl. The van der Waals surface area contributed by atoms with E-state index in [0.29, 0.717) is 12.2 Å². The Labute approximate surface area is 71.2 Å². The summed E-state index contributed by atoms with van der Waals surface area (Å²) in [6.07, 6.45) is 1.53. The maximum Gasteiger partial charge on any atom is 0.310 e. The molecule has 2 N–H and O–H groups in total. The monoisotopic (exact) mass is 177 g/mol. The zero-order valence-corrected chi connectivity index (χ0v) is 7.23. The summed E-state index contributed by atoms with van der Waals surface area (Å²) in [4.78, 5) is 10.8. The molecule has 0 spiro atoms. The molecule has 11 heavy (non-hydrogen) atoms. The van der Waals surface area contributed by atoms with Crippen LogP contribution in [0.1, 0.15) is 13.3 Å². The molecule has 0 saturated heterocycles. The molecule has 0 aromatic carbocycles. The summed E-state index contributed by atoms with van der Waals surface area (Å²) in [5.41, 5.74) is 5.86. The van der Waals surface area contributed by atoms with Crippen molar-refractivity contribution in [1.29, 1.82) is 0 Å². The third kappa shape index (κ3) is 4.67. The van der Waals surface area contributed by atoms with E-state index in [9.17, 15) is 4.79 Å². The van der Waals surface area contributed by atoms with Gasteiger partial charge in [-0.1, -0.05) is 0 Å². The van der Waals surface area contributed by atoms with Gasteiger partial charge < -0.3 is 10.5 Å². The van der Waals surface area contributed by atoms with Gasteiger partial charge in [0.2, 0.25) is 0 Å². The van der Waals surface area contributed by atoms with Crippen LogP contribution in [0.3, 0.4) is 0 Å². The summed E-state index contributed by atoms with van der Waals surface area (Å²) in [6.45, 7) is 2.14. The van der Waals surface area contributed by atoms with Crippen molar-refractivity contribution in [3.05, 3.63) is 11.8 Å². The number of nitrogens with two attached hydrogens (primary N) is 1. The average Bonchev–Trinajstić information content (AvgIpc) is 2.01. The molecule has 0 aromatic heterocycles. The molecule has 0 fully saturated rings. The molecule has 0 aliphatic carbocycles. The fourth-order valence-electron chi connectivity index (χ4n) is 0.548. The van der Waals surface area contributed by atoms with E-state index in [1.165, 1.54) is 6.20 Å². The van der Waals surface area contributed by atoms with Crippen LogP contribution in [0.5, 0.6) is 0 Å². The number of carbonyl (C=O) groups excluding carboxylic acids is 1. The minimum Gasteiger partial charge on any atom is -0.466 e. The summed E-state index contributed by atoms with van der Waals surface area (Å²) in [7, 11) is 0. The van der Waals surface area contributed by atoms with Gasteiger partial charge in [0.05, 0.1) is 13.0 Å². The molecular weight excluding hydrogens is 166 g/mol. The molecule has 4 heteroatoms. The topological polar surface area (TPSA) is 52.3 Å². The molecule has 0 aliphatic heterocycles. The lowest BCUT2D eigenvalue weighted by molar-refractivity contribution is -0.142. The number of hydrogen-bond acceptors (Lipinski definition) is 3. The van der Waals surface area contributed by atoms with Crippen LogP contribution in [-0.2, 0) is 9.53 Å². The standard InChI is InChI=1S/C7H12ClNO2/c1-2-11-7(10)3-6(4-8)5-9/h5H,2-4,9H2,1H3/b6-5-. The Morgan fingerprint density at radius 2 is 2.36 bits per heavy atom. The van der Waals surface area contributed by atoms with Gasteiger partial charge in [-0.25, -0.2) is 0 Å². The van der Waals surface area contributed by atoms with E-state index in [4.69, 9.17) is 17.3 Å². The summed E-state index contributed by atoms with van der Waals surface area (Å²) < 4.78 is 4.68. The second kappa shape index (κ2) is 6.04.